The standard InChI is InChI=1S/C11H16N2O2/c1-2-7-4-3-5-8(10(12)14)9(6-7)11(13)15/h4-5,7-9H,2,6H2,1H3,(H2,12,14)(H2,13,15). The number of amides is 2. The van der Waals surface area contributed by atoms with Gasteiger partial charge in [-0.3, -0.25) is 9.59 Å². The van der Waals surface area contributed by atoms with Crippen LogP contribution < -0.4 is 11.5 Å². The molecule has 82 valence electrons. The van der Waals surface area contributed by atoms with E-state index >= 15 is 0 Å². The van der Waals surface area contributed by atoms with Crippen molar-refractivity contribution in [1.29, 1.82) is 0 Å². The zero-order valence-corrected chi connectivity index (χ0v) is 8.77. The van der Waals surface area contributed by atoms with Gasteiger partial charge in [0, 0.05) is 0 Å². The van der Waals surface area contributed by atoms with E-state index in [2.05, 4.69) is 5.73 Å². The van der Waals surface area contributed by atoms with Gasteiger partial charge in [-0.15, -0.1) is 5.73 Å². The van der Waals surface area contributed by atoms with Crippen LogP contribution in [-0.2, 0) is 9.59 Å². The highest BCUT2D eigenvalue weighted by Crippen LogP contribution is 2.26. The lowest BCUT2D eigenvalue weighted by Crippen LogP contribution is -2.37. The van der Waals surface area contributed by atoms with Gasteiger partial charge in [0.25, 0.3) is 0 Å². The molecule has 1 aliphatic carbocycles. The normalized spacial score (nSPS) is 29.8. The molecule has 2 amide bonds. The minimum Gasteiger partial charge on any atom is -0.369 e. The predicted molar refractivity (Wildman–Crippen MR) is 56.4 cm³/mol. The van der Waals surface area contributed by atoms with Crippen molar-refractivity contribution < 1.29 is 9.59 Å². The Labute approximate surface area is 89.0 Å². The van der Waals surface area contributed by atoms with Crippen molar-refractivity contribution in [2.75, 3.05) is 0 Å². The molecule has 0 radical (unpaired) electrons. The topological polar surface area (TPSA) is 86.2 Å². The van der Waals surface area contributed by atoms with Crippen LogP contribution in [-0.4, -0.2) is 11.8 Å². The van der Waals surface area contributed by atoms with Gasteiger partial charge in [0.15, 0.2) is 0 Å². The maximum atomic E-state index is 11.2. The molecule has 0 saturated carbocycles. The van der Waals surface area contributed by atoms with E-state index in [9.17, 15) is 9.59 Å². The van der Waals surface area contributed by atoms with Gasteiger partial charge in [-0.2, -0.15) is 0 Å². The van der Waals surface area contributed by atoms with Crippen molar-refractivity contribution in [3.05, 3.63) is 17.9 Å². The molecule has 4 heteroatoms. The molecule has 0 aromatic carbocycles. The molecule has 1 aliphatic rings. The first kappa shape index (κ1) is 11.5. The maximum absolute atomic E-state index is 11.2. The summed E-state index contributed by atoms with van der Waals surface area (Å²) in [5, 5.41) is 0. The highest BCUT2D eigenvalue weighted by atomic mass is 16.2. The summed E-state index contributed by atoms with van der Waals surface area (Å²) in [4.78, 5) is 22.4. The number of hydrogen-bond donors (Lipinski definition) is 2. The zero-order valence-electron chi connectivity index (χ0n) is 8.77. The molecule has 1 rings (SSSR count). The summed E-state index contributed by atoms with van der Waals surface area (Å²) in [7, 11) is 0. The van der Waals surface area contributed by atoms with Gasteiger partial charge in [-0.05, 0) is 30.9 Å². The van der Waals surface area contributed by atoms with Crippen molar-refractivity contribution in [1.82, 2.24) is 0 Å². The summed E-state index contributed by atoms with van der Waals surface area (Å²) in [6.45, 7) is 2.02. The Bertz CT molecular complexity index is 329. The molecule has 0 aromatic rings. The highest BCUT2D eigenvalue weighted by molar-refractivity contribution is 5.87. The molecule has 0 aliphatic heterocycles. The summed E-state index contributed by atoms with van der Waals surface area (Å²) in [5.74, 6) is -1.86. The zero-order chi connectivity index (χ0) is 11.4. The molecule has 0 heterocycles. The molecule has 0 spiro atoms. The molecular formula is C11H16N2O2. The van der Waals surface area contributed by atoms with Gasteiger partial charge < -0.3 is 11.5 Å². The van der Waals surface area contributed by atoms with Crippen LogP contribution in [0.4, 0.5) is 0 Å². The third-order valence-electron chi connectivity index (χ3n) is 2.82. The Kier molecular flexibility index (Phi) is 3.69. The smallest absolute Gasteiger partial charge is 0.225 e. The minimum absolute atomic E-state index is 0.239. The van der Waals surface area contributed by atoms with E-state index in [0.29, 0.717) is 6.42 Å². The fraction of sp³-hybridized carbons (Fsp3) is 0.545. The van der Waals surface area contributed by atoms with Crippen molar-refractivity contribution in [2.24, 2.45) is 29.2 Å². The van der Waals surface area contributed by atoms with Gasteiger partial charge in [-0.1, -0.05) is 6.92 Å². The molecule has 0 saturated heterocycles. The number of hydrogen-bond acceptors (Lipinski definition) is 2. The maximum Gasteiger partial charge on any atom is 0.225 e. The number of carbonyl (C=O) groups is 2. The van der Waals surface area contributed by atoms with E-state index in [1.807, 2.05) is 13.0 Å². The molecule has 4 N–H and O–H groups in total. The van der Waals surface area contributed by atoms with E-state index in [1.54, 1.807) is 6.08 Å². The van der Waals surface area contributed by atoms with Gasteiger partial charge in [0.05, 0.1) is 11.8 Å². The molecule has 0 bridgehead atoms. The summed E-state index contributed by atoms with van der Waals surface area (Å²) < 4.78 is 0. The summed E-state index contributed by atoms with van der Waals surface area (Å²) in [6, 6.07) is 0. The molecule has 15 heavy (non-hydrogen) atoms. The second kappa shape index (κ2) is 4.80. The summed E-state index contributed by atoms with van der Waals surface area (Å²) in [6.07, 6.45) is 4.89. The lowest BCUT2D eigenvalue weighted by atomic mass is 9.84. The summed E-state index contributed by atoms with van der Waals surface area (Å²) in [5.41, 5.74) is 13.4. The van der Waals surface area contributed by atoms with Crippen molar-refractivity contribution in [3.63, 3.8) is 0 Å². The Hall–Kier alpha value is -1.54. The third kappa shape index (κ3) is 2.70. The Morgan fingerprint density at radius 1 is 1.33 bits per heavy atom. The predicted octanol–water partition coefficient (Wildman–Crippen LogP) is 0.331. The van der Waals surface area contributed by atoms with Crippen molar-refractivity contribution in [3.8, 4) is 0 Å². The van der Waals surface area contributed by atoms with Crippen LogP contribution in [0.2, 0.25) is 0 Å². The fourth-order valence-electron chi connectivity index (χ4n) is 1.81. The minimum atomic E-state index is -0.615. The van der Waals surface area contributed by atoms with Crippen LogP contribution in [0, 0.1) is 17.8 Å². The summed E-state index contributed by atoms with van der Waals surface area (Å²) >= 11 is 0. The largest absolute Gasteiger partial charge is 0.369 e. The average Bonchev–Trinajstić information content (AvgIpc) is 2.38. The van der Waals surface area contributed by atoms with Crippen LogP contribution in [0.3, 0.4) is 0 Å². The van der Waals surface area contributed by atoms with E-state index in [0.717, 1.165) is 6.42 Å². The Balaban J connectivity index is 2.93. The molecule has 3 unspecified atom stereocenters. The number of carbonyl (C=O) groups excluding carboxylic acids is 2. The van der Waals surface area contributed by atoms with E-state index in [-0.39, 0.29) is 5.92 Å². The van der Waals surface area contributed by atoms with Crippen molar-refractivity contribution in [2.45, 2.75) is 19.8 Å². The third-order valence-corrected chi connectivity index (χ3v) is 2.82. The fourth-order valence-corrected chi connectivity index (χ4v) is 1.81. The second-order valence-electron chi connectivity index (χ2n) is 3.84. The lowest BCUT2D eigenvalue weighted by Gasteiger charge is -2.19. The molecule has 0 aromatic heterocycles. The quantitative estimate of drug-likeness (QED) is 0.655. The first-order chi connectivity index (χ1) is 7.06. The van der Waals surface area contributed by atoms with Crippen LogP contribution in [0.15, 0.2) is 17.9 Å². The first-order valence-electron chi connectivity index (χ1n) is 5.07. The van der Waals surface area contributed by atoms with Gasteiger partial charge in [0.2, 0.25) is 11.8 Å². The van der Waals surface area contributed by atoms with Crippen LogP contribution in [0.25, 0.3) is 0 Å². The molecular weight excluding hydrogens is 192 g/mol. The highest BCUT2D eigenvalue weighted by Gasteiger charge is 2.31. The monoisotopic (exact) mass is 208 g/mol. The SMILES string of the molecule is CCC1C=C=CC(C(N)=O)C(C(N)=O)C1. The lowest BCUT2D eigenvalue weighted by molar-refractivity contribution is -0.130. The van der Waals surface area contributed by atoms with Crippen LogP contribution >= 0.6 is 0 Å². The number of nitrogens with two attached hydrogens (primary N) is 2. The molecule has 4 nitrogen and oxygen atoms in total. The van der Waals surface area contributed by atoms with Gasteiger partial charge in [-0.25, -0.2) is 0 Å². The van der Waals surface area contributed by atoms with Gasteiger partial charge >= 0.3 is 0 Å². The molecule has 3 atom stereocenters. The van der Waals surface area contributed by atoms with Crippen LogP contribution in [0.5, 0.6) is 0 Å². The second-order valence-corrected chi connectivity index (χ2v) is 3.84. The van der Waals surface area contributed by atoms with Crippen molar-refractivity contribution >= 4 is 11.8 Å². The van der Waals surface area contributed by atoms with Gasteiger partial charge in [0.1, 0.15) is 0 Å². The van der Waals surface area contributed by atoms with E-state index in [4.69, 9.17) is 11.5 Å². The van der Waals surface area contributed by atoms with Crippen LogP contribution in [0.1, 0.15) is 19.8 Å². The molecule has 0 fully saturated rings. The van der Waals surface area contributed by atoms with E-state index < -0.39 is 23.7 Å². The Morgan fingerprint density at radius 3 is 2.47 bits per heavy atom. The Morgan fingerprint density at radius 2 is 2.00 bits per heavy atom. The number of rotatable bonds is 3. The first-order valence-corrected chi connectivity index (χ1v) is 5.07. The average molecular weight is 208 g/mol. The number of primary amides is 2. The van der Waals surface area contributed by atoms with E-state index in [1.165, 1.54) is 0 Å².